The van der Waals surface area contributed by atoms with Crippen molar-refractivity contribution in [3.05, 3.63) is 60.2 Å². The largest absolute Gasteiger partial charge is 0.383 e. The smallest absolute Gasteiger partial charge is 0.111 e. The fourth-order valence-corrected chi connectivity index (χ4v) is 1.92. The average Bonchev–Trinajstić information content (AvgIpc) is 2.83. The molecule has 0 aromatic heterocycles. The zero-order chi connectivity index (χ0) is 10.7. The third-order valence-electron chi connectivity index (χ3n) is 2.88. The normalized spacial score (nSPS) is 19.3. The highest BCUT2D eigenvalue weighted by atomic mass is 16.3. The lowest BCUT2D eigenvalue weighted by Gasteiger charge is -2.31. The second-order valence-corrected chi connectivity index (χ2v) is 3.79. The van der Waals surface area contributed by atoms with Crippen LogP contribution in [-0.4, -0.2) is 11.7 Å². The van der Waals surface area contributed by atoms with Crippen molar-refractivity contribution in [3.8, 4) is 0 Å². The lowest BCUT2D eigenvalue weighted by molar-refractivity contribution is 0.0207. The van der Waals surface area contributed by atoms with Crippen molar-refractivity contribution in [1.82, 2.24) is 0 Å². The number of allylic oxidation sites excluding steroid dienone is 2. The monoisotopic (exact) mass is 201 g/mol. The maximum atomic E-state index is 10.6. The van der Waals surface area contributed by atoms with Crippen LogP contribution in [0, 0.1) is 5.92 Å². The van der Waals surface area contributed by atoms with Gasteiger partial charge in [0.05, 0.1) is 0 Å². The first-order chi connectivity index (χ1) is 7.27. The maximum absolute atomic E-state index is 10.6. The zero-order valence-corrected chi connectivity index (χ0v) is 8.51. The molecule has 0 aliphatic heterocycles. The molecule has 15 heavy (non-hydrogen) atoms. The molecule has 1 aromatic rings. The highest BCUT2D eigenvalue weighted by Crippen LogP contribution is 2.32. The van der Waals surface area contributed by atoms with E-state index in [1.807, 2.05) is 54.6 Å². The van der Waals surface area contributed by atoms with Crippen molar-refractivity contribution < 1.29 is 5.11 Å². The SMILES string of the molecule is NCC(O)(c1ccccc1)C1C=CC=C1. The van der Waals surface area contributed by atoms with Gasteiger partial charge in [-0.25, -0.2) is 0 Å². The second kappa shape index (κ2) is 4.01. The maximum Gasteiger partial charge on any atom is 0.111 e. The van der Waals surface area contributed by atoms with E-state index in [2.05, 4.69) is 0 Å². The fraction of sp³-hybridized carbons (Fsp3) is 0.231. The highest BCUT2D eigenvalue weighted by molar-refractivity contribution is 5.31. The van der Waals surface area contributed by atoms with Gasteiger partial charge in [-0.05, 0) is 5.56 Å². The Balaban J connectivity index is 2.37. The molecule has 2 rings (SSSR count). The first-order valence-corrected chi connectivity index (χ1v) is 5.10. The van der Waals surface area contributed by atoms with E-state index in [1.54, 1.807) is 0 Å². The summed E-state index contributed by atoms with van der Waals surface area (Å²) in [5, 5.41) is 10.6. The lowest BCUT2D eigenvalue weighted by atomic mass is 9.82. The summed E-state index contributed by atoms with van der Waals surface area (Å²) in [5.74, 6) is -0.0232. The van der Waals surface area contributed by atoms with Gasteiger partial charge in [0, 0.05) is 12.5 Å². The van der Waals surface area contributed by atoms with Crippen LogP contribution in [0.15, 0.2) is 54.6 Å². The van der Waals surface area contributed by atoms with E-state index >= 15 is 0 Å². The zero-order valence-electron chi connectivity index (χ0n) is 8.51. The second-order valence-electron chi connectivity index (χ2n) is 3.79. The summed E-state index contributed by atoms with van der Waals surface area (Å²) in [7, 11) is 0. The Hall–Kier alpha value is -1.38. The quantitative estimate of drug-likeness (QED) is 0.779. The van der Waals surface area contributed by atoms with Gasteiger partial charge in [0.1, 0.15) is 5.60 Å². The van der Waals surface area contributed by atoms with Crippen LogP contribution in [0.2, 0.25) is 0 Å². The summed E-state index contributed by atoms with van der Waals surface area (Å²) in [6, 6.07) is 9.58. The molecule has 0 radical (unpaired) electrons. The van der Waals surface area contributed by atoms with E-state index in [4.69, 9.17) is 5.73 Å². The van der Waals surface area contributed by atoms with Gasteiger partial charge >= 0.3 is 0 Å². The summed E-state index contributed by atoms with van der Waals surface area (Å²) in [5.41, 5.74) is 5.59. The molecule has 78 valence electrons. The molecule has 0 saturated carbocycles. The van der Waals surface area contributed by atoms with Crippen molar-refractivity contribution in [1.29, 1.82) is 0 Å². The third-order valence-corrected chi connectivity index (χ3v) is 2.88. The molecule has 3 N–H and O–H groups in total. The van der Waals surface area contributed by atoms with Crippen LogP contribution in [0.5, 0.6) is 0 Å². The minimum absolute atomic E-state index is 0.0232. The summed E-state index contributed by atoms with van der Waals surface area (Å²) < 4.78 is 0. The molecule has 1 unspecified atom stereocenters. The van der Waals surface area contributed by atoms with Gasteiger partial charge in [-0.2, -0.15) is 0 Å². The Labute approximate surface area is 89.7 Å². The molecular formula is C13H15NO. The van der Waals surface area contributed by atoms with Gasteiger partial charge in [-0.3, -0.25) is 0 Å². The van der Waals surface area contributed by atoms with Crippen molar-refractivity contribution >= 4 is 0 Å². The minimum Gasteiger partial charge on any atom is -0.383 e. The Morgan fingerprint density at radius 3 is 2.27 bits per heavy atom. The first-order valence-electron chi connectivity index (χ1n) is 5.10. The van der Waals surface area contributed by atoms with Crippen LogP contribution < -0.4 is 5.73 Å². The Kier molecular flexibility index (Phi) is 2.71. The van der Waals surface area contributed by atoms with Crippen LogP contribution in [-0.2, 0) is 5.60 Å². The van der Waals surface area contributed by atoms with Crippen LogP contribution in [0.25, 0.3) is 0 Å². The van der Waals surface area contributed by atoms with Crippen LogP contribution in [0.4, 0.5) is 0 Å². The van der Waals surface area contributed by atoms with Crippen molar-refractivity contribution in [2.45, 2.75) is 5.60 Å². The number of benzene rings is 1. The standard InChI is InChI=1S/C13H15NO/c14-10-13(15,12-8-4-5-9-12)11-6-2-1-3-7-11/h1-9,12,15H,10,14H2. The number of nitrogens with two attached hydrogens (primary N) is 1. The summed E-state index contributed by atoms with van der Waals surface area (Å²) in [4.78, 5) is 0. The molecule has 2 heteroatoms. The van der Waals surface area contributed by atoms with Crippen LogP contribution >= 0.6 is 0 Å². The first kappa shape index (κ1) is 10.1. The van der Waals surface area contributed by atoms with E-state index in [0.717, 1.165) is 5.56 Å². The number of rotatable bonds is 3. The molecule has 1 aromatic carbocycles. The average molecular weight is 201 g/mol. The van der Waals surface area contributed by atoms with E-state index in [0.29, 0.717) is 0 Å². The van der Waals surface area contributed by atoms with Gasteiger partial charge < -0.3 is 10.8 Å². The fourth-order valence-electron chi connectivity index (χ4n) is 1.92. The van der Waals surface area contributed by atoms with Gasteiger partial charge in [-0.15, -0.1) is 0 Å². The lowest BCUT2D eigenvalue weighted by Crippen LogP contribution is -2.40. The molecule has 0 spiro atoms. The highest BCUT2D eigenvalue weighted by Gasteiger charge is 2.34. The minimum atomic E-state index is -0.981. The molecule has 0 fully saturated rings. The predicted molar refractivity (Wildman–Crippen MR) is 61.2 cm³/mol. The molecule has 0 saturated heterocycles. The molecule has 0 bridgehead atoms. The van der Waals surface area contributed by atoms with Gasteiger partial charge in [-0.1, -0.05) is 54.6 Å². The summed E-state index contributed by atoms with van der Waals surface area (Å²) in [6.45, 7) is 0.219. The van der Waals surface area contributed by atoms with Crippen molar-refractivity contribution in [3.63, 3.8) is 0 Å². The van der Waals surface area contributed by atoms with Gasteiger partial charge in [0.25, 0.3) is 0 Å². The number of aliphatic hydroxyl groups is 1. The van der Waals surface area contributed by atoms with Crippen LogP contribution in [0.1, 0.15) is 5.56 Å². The molecule has 0 heterocycles. The Morgan fingerprint density at radius 2 is 1.73 bits per heavy atom. The Morgan fingerprint density at radius 1 is 1.13 bits per heavy atom. The number of hydrogen-bond donors (Lipinski definition) is 2. The van der Waals surface area contributed by atoms with Crippen molar-refractivity contribution in [2.24, 2.45) is 11.7 Å². The molecule has 1 aliphatic rings. The third kappa shape index (κ3) is 1.74. The molecule has 1 atom stereocenters. The molecule has 1 aliphatic carbocycles. The van der Waals surface area contributed by atoms with E-state index in [9.17, 15) is 5.11 Å². The van der Waals surface area contributed by atoms with Gasteiger partial charge in [0.15, 0.2) is 0 Å². The van der Waals surface area contributed by atoms with E-state index in [1.165, 1.54) is 0 Å². The van der Waals surface area contributed by atoms with Crippen LogP contribution in [0.3, 0.4) is 0 Å². The summed E-state index contributed by atoms with van der Waals surface area (Å²) >= 11 is 0. The molecule has 0 amide bonds. The topological polar surface area (TPSA) is 46.2 Å². The van der Waals surface area contributed by atoms with Gasteiger partial charge in [0.2, 0.25) is 0 Å². The van der Waals surface area contributed by atoms with E-state index < -0.39 is 5.60 Å². The Bertz CT molecular complexity index is 371. The molecular weight excluding hydrogens is 186 g/mol. The van der Waals surface area contributed by atoms with Crippen molar-refractivity contribution in [2.75, 3.05) is 6.54 Å². The predicted octanol–water partition coefficient (Wildman–Crippen LogP) is 1.58. The molecule has 2 nitrogen and oxygen atoms in total. The summed E-state index contributed by atoms with van der Waals surface area (Å²) in [6.07, 6.45) is 7.82. The number of hydrogen-bond acceptors (Lipinski definition) is 2. The van der Waals surface area contributed by atoms with E-state index in [-0.39, 0.29) is 12.5 Å².